The number of hydrogen-bond acceptors (Lipinski definition) is 5. The minimum atomic E-state index is -0.524. The number of ether oxygens (including phenoxy) is 1. The molecule has 0 atom stereocenters. The average molecular weight is 410 g/mol. The Morgan fingerprint density at radius 1 is 1.14 bits per heavy atom. The maximum Gasteiger partial charge on any atom is 0.410 e. The number of anilines is 1. The number of aromatic nitrogens is 1. The van der Waals surface area contributed by atoms with Crippen molar-refractivity contribution in [2.45, 2.75) is 39.3 Å². The lowest BCUT2D eigenvalue weighted by Crippen LogP contribution is -2.39. The van der Waals surface area contributed by atoms with E-state index in [2.05, 4.69) is 10.3 Å². The Hall–Kier alpha value is -2.93. The van der Waals surface area contributed by atoms with Gasteiger partial charge in [-0.2, -0.15) is 0 Å². The molecule has 150 valence electrons. The Morgan fingerprint density at radius 3 is 2.66 bits per heavy atom. The van der Waals surface area contributed by atoms with Crippen molar-refractivity contribution in [3.63, 3.8) is 0 Å². The van der Waals surface area contributed by atoms with Crippen LogP contribution in [0.5, 0.6) is 0 Å². The molecule has 0 saturated carbocycles. The van der Waals surface area contributed by atoms with Gasteiger partial charge in [0.15, 0.2) is 5.13 Å². The second-order valence-electron chi connectivity index (χ2n) is 8.06. The zero-order valence-corrected chi connectivity index (χ0v) is 17.5. The third kappa shape index (κ3) is 4.40. The van der Waals surface area contributed by atoms with Gasteiger partial charge in [0, 0.05) is 23.4 Å². The van der Waals surface area contributed by atoms with Gasteiger partial charge in [0.05, 0.1) is 12.2 Å². The van der Waals surface area contributed by atoms with E-state index in [9.17, 15) is 9.59 Å². The highest BCUT2D eigenvalue weighted by atomic mass is 32.1. The second-order valence-corrected chi connectivity index (χ2v) is 9.14. The van der Waals surface area contributed by atoms with E-state index < -0.39 is 5.60 Å². The summed E-state index contributed by atoms with van der Waals surface area (Å²) in [6.07, 6.45) is 0.329. The summed E-state index contributed by atoms with van der Waals surface area (Å²) in [5.74, 6) is -0.189. The molecule has 0 aliphatic carbocycles. The molecule has 2 aromatic carbocycles. The molecule has 1 aliphatic heterocycles. The van der Waals surface area contributed by atoms with Crippen LogP contribution in [-0.2, 0) is 17.7 Å². The van der Waals surface area contributed by atoms with Gasteiger partial charge < -0.3 is 9.64 Å². The van der Waals surface area contributed by atoms with Crippen molar-refractivity contribution in [3.8, 4) is 0 Å². The van der Waals surface area contributed by atoms with Crippen LogP contribution in [0.4, 0.5) is 9.93 Å². The van der Waals surface area contributed by atoms with Crippen LogP contribution in [0.2, 0.25) is 0 Å². The van der Waals surface area contributed by atoms with E-state index >= 15 is 0 Å². The summed E-state index contributed by atoms with van der Waals surface area (Å²) in [6.45, 7) is 6.58. The molecule has 0 radical (unpaired) electrons. The largest absolute Gasteiger partial charge is 0.444 e. The summed E-state index contributed by atoms with van der Waals surface area (Å²) >= 11 is 1.41. The number of carbonyl (C=O) groups excluding carboxylic acids is 2. The molecule has 0 spiro atoms. The molecule has 4 rings (SSSR count). The SMILES string of the molecule is CC(C)(C)OC(=O)N1CCc2nc(NC(=O)c3ccc4ccccc4c3)sc2C1. The molecule has 6 nitrogen and oxygen atoms in total. The number of thiazole rings is 1. The van der Waals surface area contributed by atoms with E-state index in [4.69, 9.17) is 4.74 Å². The summed E-state index contributed by atoms with van der Waals surface area (Å²) in [6, 6.07) is 13.6. The van der Waals surface area contributed by atoms with Crippen LogP contribution in [-0.4, -0.2) is 34.0 Å². The van der Waals surface area contributed by atoms with Crippen LogP contribution in [0.15, 0.2) is 42.5 Å². The first-order valence-corrected chi connectivity index (χ1v) is 10.4. The summed E-state index contributed by atoms with van der Waals surface area (Å²) in [4.78, 5) is 32.2. The van der Waals surface area contributed by atoms with Crippen LogP contribution >= 0.6 is 11.3 Å². The Labute approximate surface area is 173 Å². The summed E-state index contributed by atoms with van der Waals surface area (Å²) < 4.78 is 5.46. The average Bonchev–Trinajstić information content (AvgIpc) is 3.07. The van der Waals surface area contributed by atoms with E-state index in [0.29, 0.717) is 30.2 Å². The van der Waals surface area contributed by atoms with E-state index in [1.165, 1.54) is 11.3 Å². The Balaban J connectivity index is 1.46. The molecular formula is C22H23N3O3S. The highest BCUT2D eigenvalue weighted by Gasteiger charge is 2.28. The standard InChI is InChI=1S/C22H23N3O3S/c1-22(2,3)28-21(27)25-11-10-17-18(13-25)29-20(23-17)24-19(26)16-9-8-14-6-4-5-7-15(14)12-16/h4-9,12H,10-11,13H2,1-3H3,(H,23,24,26). The number of fused-ring (bicyclic) bond motifs is 2. The van der Waals surface area contributed by atoms with Crippen molar-refractivity contribution in [3.05, 3.63) is 58.6 Å². The molecule has 0 saturated heterocycles. The smallest absolute Gasteiger partial charge is 0.410 e. The summed E-state index contributed by atoms with van der Waals surface area (Å²) in [5, 5.41) is 5.56. The molecule has 29 heavy (non-hydrogen) atoms. The lowest BCUT2D eigenvalue weighted by molar-refractivity contribution is 0.0225. The minimum absolute atomic E-state index is 0.189. The first kappa shape index (κ1) is 19.4. The maximum absolute atomic E-state index is 12.7. The molecular weight excluding hydrogens is 386 g/mol. The van der Waals surface area contributed by atoms with Crippen molar-refractivity contribution in [2.24, 2.45) is 0 Å². The van der Waals surface area contributed by atoms with Gasteiger partial charge >= 0.3 is 6.09 Å². The van der Waals surface area contributed by atoms with Gasteiger partial charge in [0.1, 0.15) is 5.60 Å². The van der Waals surface area contributed by atoms with E-state index in [-0.39, 0.29) is 12.0 Å². The van der Waals surface area contributed by atoms with Crippen molar-refractivity contribution in [1.29, 1.82) is 0 Å². The van der Waals surface area contributed by atoms with E-state index in [1.54, 1.807) is 4.90 Å². The lowest BCUT2D eigenvalue weighted by atomic mass is 10.1. The Kier molecular flexibility index (Phi) is 5.00. The fourth-order valence-electron chi connectivity index (χ4n) is 3.23. The summed E-state index contributed by atoms with van der Waals surface area (Å²) in [5.41, 5.74) is 1.00. The maximum atomic E-state index is 12.7. The molecule has 2 heterocycles. The van der Waals surface area contributed by atoms with Crippen LogP contribution in [0.1, 0.15) is 41.7 Å². The monoisotopic (exact) mass is 409 g/mol. The predicted octanol–water partition coefficient (Wildman–Crippen LogP) is 4.84. The Bertz CT molecular complexity index is 1080. The molecule has 2 amide bonds. The topological polar surface area (TPSA) is 71.5 Å². The minimum Gasteiger partial charge on any atom is -0.444 e. The predicted molar refractivity (Wildman–Crippen MR) is 114 cm³/mol. The van der Waals surface area contributed by atoms with Crippen molar-refractivity contribution in [2.75, 3.05) is 11.9 Å². The highest BCUT2D eigenvalue weighted by Crippen LogP contribution is 2.29. The number of benzene rings is 2. The third-order valence-electron chi connectivity index (χ3n) is 4.62. The van der Waals surface area contributed by atoms with E-state index in [1.807, 2.05) is 63.2 Å². The zero-order chi connectivity index (χ0) is 20.6. The molecule has 1 aromatic heterocycles. The van der Waals surface area contributed by atoms with Gasteiger partial charge in [0.25, 0.3) is 5.91 Å². The fourth-order valence-corrected chi connectivity index (χ4v) is 4.25. The molecule has 3 aromatic rings. The van der Waals surface area contributed by atoms with Gasteiger partial charge in [-0.3, -0.25) is 10.1 Å². The molecule has 1 aliphatic rings. The first-order valence-electron chi connectivity index (χ1n) is 9.55. The van der Waals surface area contributed by atoms with Gasteiger partial charge in [-0.1, -0.05) is 41.7 Å². The number of hydrogen-bond donors (Lipinski definition) is 1. The number of carbonyl (C=O) groups is 2. The van der Waals surface area contributed by atoms with Gasteiger partial charge in [-0.15, -0.1) is 0 Å². The van der Waals surface area contributed by atoms with E-state index in [0.717, 1.165) is 21.3 Å². The third-order valence-corrected chi connectivity index (χ3v) is 5.61. The molecule has 0 bridgehead atoms. The number of amides is 2. The van der Waals surface area contributed by atoms with Crippen LogP contribution in [0, 0.1) is 0 Å². The van der Waals surface area contributed by atoms with Crippen LogP contribution < -0.4 is 5.32 Å². The van der Waals surface area contributed by atoms with Gasteiger partial charge in [-0.05, 0) is 43.7 Å². The van der Waals surface area contributed by atoms with Crippen molar-refractivity contribution < 1.29 is 14.3 Å². The van der Waals surface area contributed by atoms with Gasteiger partial charge in [0.2, 0.25) is 0 Å². The molecule has 0 unspecified atom stereocenters. The van der Waals surface area contributed by atoms with Crippen LogP contribution in [0.3, 0.4) is 0 Å². The first-order chi connectivity index (χ1) is 13.8. The molecule has 1 N–H and O–H groups in total. The zero-order valence-electron chi connectivity index (χ0n) is 16.7. The second kappa shape index (κ2) is 7.48. The lowest BCUT2D eigenvalue weighted by Gasteiger charge is -2.29. The number of nitrogens with one attached hydrogen (secondary N) is 1. The van der Waals surface area contributed by atoms with Gasteiger partial charge in [-0.25, -0.2) is 9.78 Å². The molecule has 7 heteroatoms. The normalized spacial score (nSPS) is 13.8. The summed E-state index contributed by atoms with van der Waals surface area (Å²) in [7, 11) is 0. The Morgan fingerprint density at radius 2 is 1.90 bits per heavy atom. The number of rotatable bonds is 2. The quantitative estimate of drug-likeness (QED) is 0.657. The van der Waals surface area contributed by atoms with Crippen molar-refractivity contribution >= 4 is 39.2 Å². The highest BCUT2D eigenvalue weighted by molar-refractivity contribution is 7.15. The number of nitrogens with zero attached hydrogens (tertiary/aromatic N) is 2. The van der Waals surface area contributed by atoms with Crippen LogP contribution in [0.25, 0.3) is 10.8 Å². The molecule has 0 fully saturated rings. The van der Waals surface area contributed by atoms with Crippen molar-refractivity contribution in [1.82, 2.24) is 9.88 Å². The fraction of sp³-hybridized carbons (Fsp3) is 0.318.